The standard InChI is InChI=1S/C19H21BrN2O2/c1-4-12(2)15-7-5-6-8-17(15)22-19(24)18(23)21-14-9-10-16(20)13(3)11-14/h5-12H,4H2,1-3H3,(H,21,23)(H,22,24). The largest absolute Gasteiger partial charge is 0.318 e. The Bertz CT molecular complexity index is 759. The SMILES string of the molecule is CCC(C)c1ccccc1NC(=O)C(=O)Nc1ccc(Br)c(C)c1. The maximum atomic E-state index is 12.2. The van der Waals surface area contributed by atoms with Gasteiger partial charge in [0.1, 0.15) is 0 Å². The third kappa shape index (κ3) is 4.45. The predicted molar refractivity (Wildman–Crippen MR) is 101 cm³/mol. The fourth-order valence-electron chi connectivity index (χ4n) is 2.35. The molecule has 2 N–H and O–H groups in total. The molecule has 5 heteroatoms. The third-order valence-corrected chi connectivity index (χ3v) is 4.86. The van der Waals surface area contributed by atoms with E-state index in [9.17, 15) is 9.59 Å². The number of carbonyl (C=O) groups is 2. The lowest BCUT2D eigenvalue weighted by Crippen LogP contribution is -2.29. The number of anilines is 2. The molecule has 1 unspecified atom stereocenters. The first kappa shape index (κ1) is 18.2. The first-order valence-corrected chi connectivity index (χ1v) is 8.69. The number of rotatable bonds is 4. The summed E-state index contributed by atoms with van der Waals surface area (Å²) in [5.74, 6) is -1.05. The van der Waals surface area contributed by atoms with E-state index in [0.29, 0.717) is 17.3 Å². The molecule has 4 nitrogen and oxygen atoms in total. The maximum Gasteiger partial charge on any atom is 0.314 e. The summed E-state index contributed by atoms with van der Waals surface area (Å²) in [6.45, 7) is 6.10. The summed E-state index contributed by atoms with van der Waals surface area (Å²) in [6, 6.07) is 13.0. The van der Waals surface area contributed by atoms with E-state index in [1.165, 1.54) is 0 Å². The van der Waals surface area contributed by atoms with Gasteiger partial charge in [-0.15, -0.1) is 0 Å². The van der Waals surface area contributed by atoms with Crippen molar-refractivity contribution >= 4 is 39.1 Å². The molecule has 0 saturated heterocycles. The van der Waals surface area contributed by atoms with Crippen LogP contribution in [0.3, 0.4) is 0 Å². The fraction of sp³-hybridized carbons (Fsp3) is 0.263. The summed E-state index contributed by atoms with van der Waals surface area (Å²) in [7, 11) is 0. The highest BCUT2D eigenvalue weighted by atomic mass is 79.9. The second kappa shape index (κ2) is 8.11. The first-order chi connectivity index (χ1) is 11.4. The van der Waals surface area contributed by atoms with Gasteiger partial charge in [0.25, 0.3) is 0 Å². The number of hydrogen-bond acceptors (Lipinski definition) is 2. The molecule has 0 fully saturated rings. The van der Waals surface area contributed by atoms with Crippen LogP contribution < -0.4 is 10.6 Å². The number of aryl methyl sites for hydroxylation is 1. The summed E-state index contributed by atoms with van der Waals surface area (Å²) in [4.78, 5) is 24.3. The number of halogens is 1. The van der Waals surface area contributed by atoms with Crippen LogP contribution in [0.2, 0.25) is 0 Å². The smallest absolute Gasteiger partial charge is 0.314 e. The van der Waals surface area contributed by atoms with Crippen molar-refractivity contribution in [1.82, 2.24) is 0 Å². The van der Waals surface area contributed by atoms with Crippen LogP contribution in [0, 0.1) is 6.92 Å². The topological polar surface area (TPSA) is 58.2 Å². The van der Waals surface area contributed by atoms with E-state index in [2.05, 4.69) is 40.4 Å². The van der Waals surface area contributed by atoms with Crippen molar-refractivity contribution in [1.29, 1.82) is 0 Å². The third-order valence-electron chi connectivity index (χ3n) is 3.97. The number of carbonyl (C=O) groups excluding carboxylic acids is 2. The van der Waals surface area contributed by atoms with Crippen molar-refractivity contribution < 1.29 is 9.59 Å². The zero-order valence-electron chi connectivity index (χ0n) is 14.0. The number of para-hydroxylation sites is 1. The second-order valence-electron chi connectivity index (χ2n) is 5.77. The Balaban J connectivity index is 2.09. The lowest BCUT2D eigenvalue weighted by molar-refractivity contribution is -0.133. The van der Waals surface area contributed by atoms with E-state index in [1.807, 2.05) is 43.3 Å². The molecule has 2 aromatic rings. The molecule has 0 aliphatic carbocycles. The van der Waals surface area contributed by atoms with E-state index in [0.717, 1.165) is 22.0 Å². The minimum Gasteiger partial charge on any atom is -0.318 e. The molecule has 0 aliphatic rings. The van der Waals surface area contributed by atoms with E-state index >= 15 is 0 Å². The number of nitrogens with one attached hydrogen (secondary N) is 2. The van der Waals surface area contributed by atoms with Crippen molar-refractivity contribution in [2.75, 3.05) is 10.6 Å². The van der Waals surface area contributed by atoms with Gasteiger partial charge in [0.15, 0.2) is 0 Å². The minimum atomic E-state index is -0.685. The first-order valence-electron chi connectivity index (χ1n) is 7.89. The van der Waals surface area contributed by atoms with Crippen molar-refractivity contribution in [2.24, 2.45) is 0 Å². The summed E-state index contributed by atoms with van der Waals surface area (Å²) in [5.41, 5.74) is 3.28. The maximum absolute atomic E-state index is 12.2. The number of benzene rings is 2. The van der Waals surface area contributed by atoms with Gasteiger partial charge in [0, 0.05) is 15.8 Å². The Morgan fingerprint density at radius 2 is 1.75 bits per heavy atom. The predicted octanol–water partition coefficient (Wildman–Crippen LogP) is 4.85. The summed E-state index contributed by atoms with van der Waals surface area (Å²) >= 11 is 3.41. The van der Waals surface area contributed by atoms with Crippen LogP contribution >= 0.6 is 15.9 Å². The molecular weight excluding hydrogens is 368 g/mol. The molecule has 0 bridgehead atoms. The van der Waals surface area contributed by atoms with Crippen molar-refractivity contribution in [3.8, 4) is 0 Å². The van der Waals surface area contributed by atoms with Gasteiger partial charge in [-0.05, 0) is 54.7 Å². The minimum absolute atomic E-state index is 0.304. The Kier molecular flexibility index (Phi) is 6.15. The molecule has 24 heavy (non-hydrogen) atoms. The van der Waals surface area contributed by atoms with E-state index in [4.69, 9.17) is 0 Å². The average Bonchev–Trinajstić information content (AvgIpc) is 2.58. The van der Waals surface area contributed by atoms with Gasteiger partial charge < -0.3 is 10.6 Å². The summed E-state index contributed by atoms with van der Waals surface area (Å²) < 4.78 is 0.951. The van der Waals surface area contributed by atoms with Gasteiger partial charge in [-0.2, -0.15) is 0 Å². The zero-order valence-corrected chi connectivity index (χ0v) is 15.6. The Morgan fingerprint density at radius 3 is 2.42 bits per heavy atom. The lowest BCUT2D eigenvalue weighted by Gasteiger charge is -2.15. The summed E-state index contributed by atoms with van der Waals surface area (Å²) in [6.07, 6.45) is 0.956. The van der Waals surface area contributed by atoms with Gasteiger partial charge in [0.05, 0.1) is 0 Å². The monoisotopic (exact) mass is 388 g/mol. The highest BCUT2D eigenvalue weighted by molar-refractivity contribution is 9.10. The van der Waals surface area contributed by atoms with Crippen LogP contribution in [0.25, 0.3) is 0 Å². The van der Waals surface area contributed by atoms with E-state index in [1.54, 1.807) is 6.07 Å². The Hall–Kier alpha value is -2.14. The van der Waals surface area contributed by atoms with Gasteiger partial charge in [-0.25, -0.2) is 0 Å². The summed E-state index contributed by atoms with van der Waals surface area (Å²) in [5, 5.41) is 5.33. The zero-order chi connectivity index (χ0) is 17.7. The molecule has 2 rings (SSSR count). The molecule has 2 aromatic carbocycles. The molecule has 1 atom stereocenters. The number of amides is 2. The van der Waals surface area contributed by atoms with Gasteiger partial charge in [0.2, 0.25) is 0 Å². The highest BCUT2D eigenvalue weighted by Gasteiger charge is 2.17. The van der Waals surface area contributed by atoms with Crippen LogP contribution in [0.4, 0.5) is 11.4 Å². The average molecular weight is 389 g/mol. The van der Waals surface area contributed by atoms with Crippen molar-refractivity contribution in [3.05, 3.63) is 58.1 Å². The lowest BCUT2D eigenvalue weighted by atomic mass is 9.97. The normalized spacial score (nSPS) is 11.7. The molecule has 0 saturated carbocycles. The molecular formula is C19H21BrN2O2. The molecule has 2 amide bonds. The number of hydrogen-bond donors (Lipinski definition) is 2. The van der Waals surface area contributed by atoms with Crippen LogP contribution in [-0.4, -0.2) is 11.8 Å². The molecule has 0 aliphatic heterocycles. The van der Waals surface area contributed by atoms with Crippen LogP contribution in [0.15, 0.2) is 46.9 Å². The molecule has 0 spiro atoms. The Labute approximate surface area is 150 Å². The molecule has 0 aromatic heterocycles. The quantitative estimate of drug-likeness (QED) is 0.735. The molecule has 0 radical (unpaired) electrons. The van der Waals surface area contributed by atoms with Crippen molar-refractivity contribution in [2.45, 2.75) is 33.1 Å². The van der Waals surface area contributed by atoms with E-state index < -0.39 is 11.8 Å². The van der Waals surface area contributed by atoms with Gasteiger partial charge in [-0.1, -0.05) is 48.0 Å². The van der Waals surface area contributed by atoms with Gasteiger partial charge in [-0.3, -0.25) is 9.59 Å². The second-order valence-corrected chi connectivity index (χ2v) is 6.62. The Morgan fingerprint density at radius 1 is 1.08 bits per heavy atom. The van der Waals surface area contributed by atoms with Crippen LogP contribution in [0.1, 0.15) is 37.3 Å². The molecule has 0 heterocycles. The van der Waals surface area contributed by atoms with Crippen LogP contribution in [-0.2, 0) is 9.59 Å². The van der Waals surface area contributed by atoms with Gasteiger partial charge >= 0.3 is 11.8 Å². The highest BCUT2D eigenvalue weighted by Crippen LogP contribution is 2.26. The van der Waals surface area contributed by atoms with E-state index in [-0.39, 0.29) is 0 Å². The van der Waals surface area contributed by atoms with Crippen molar-refractivity contribution in [3.63, 3.8) is 0 Å². The molecule has 126 valence electrons. The van der Waals surface area contributed by atoms with Crippen LogP contribution in [0.5, 0.6) is 0 Å². The fourth-order valence-corrected chi connectivity index (χ4v) is 2.60.